The Bertz CT molecular complexity index is 196. The third kappa shape index (κ3) is 4.08. The Hall–Kier alpha value is -0.100. The van der Waals surface area contributed by atoms with Gasteiger partial charge in [-0.25, -0.2) is 0 Å². The summed E-state index contributed by atoms with van der Waals surface area (Å²) in [6.07, 6.45) is -8.60. The summed E-state index contributed by atoms with van der Waals surface area (Å²) in [6, 6.07) is 0. The molecule has 1 atom stereocenters. The molecule has 0 radical (unpaired) electrons. The predicted molar refractivity (Wildman–Crippen MR) is 38.6 cm³/mol. The van der Waals surface area contributed by atoms with Crippen LogP contribution in [0.3, 0.4) is 0 Å². The Morgan fingerprint density at radius 1 is 1.38 bits per heavy atom. The maximum atomic E-state index is 11.8. The van der Waals surface area contributed by atoms with E-state index >= 15 is 0 Å². The van der Waals surface area contributed by atoms with Crippen molar-refractivity contribution in [3.63, 3.8) is 0 Å². The first-order valence-electron chi connectivity index (χ1n) is 3.20. The van der Waals surface area contributed by atoms with Gasteiger partial charge in [-0.1, -0.05) is 0 Å². The van der Waals surface area contributed by atoms with Gasteiger partial charge in [-0.2, -0.15) is 13.2 Å². The molecule has 0 spiro atoms. The summed E-state index contributed by atoms with van der Waals surface area (Å²) >= 11 is 0. The minimum Gasteiger partial charge on any atom is -0.383 e. The monoisotopic (exact) mass is 222 g/mol. The number of rotatable bonds is 4. The van der Waals surface area contributed by atoms with Gasteiger partial charge in [0.1, 0.15) is 0 Å². The average Bonchev–Trinajstić information content (AvgIpc) is 2.02. The van der Waals surface area contributed by atoms with Crippen LogP contribution in [0.15, 0.2) is 0 Å². The summed E-state index contributed by atoms with van der Waals surface area (Å²) in [7, 11) is -1.90. The van der Waals surface area contributed by atoms with Gasteiger partial charge < -0.3 is 14.2 Å². The van der Waals surface area contributed by atoms with Crippen LogP contribution < -0.4 is 0 Å². The van der Waals surface area contributed by atoms with Crippen LogP contribution >= 0.6 is 7.60 Å². The molecular formula is C5H10F3O4P. The van der Waals surface area contributed by atoms with Gasteiger partial charge in [0, 0.05) is 14.2 Å². The topological polar surface area (TPSA) is 55.8 Å². The molecule has 0 aliphatic rings. The van der Waals surface area contributed by atoms with E-state index in [0.29, 0.717) is 0 Å². The number of hydrogen-bond acceptors (Lipinski definition) is 4. The van der Waals surface area contributed by atoms with Gasteiger partial charge in [-0.3, -0.25) is 4.57 Å². The molecule has 8 heteroatoms. The normalized spacial score (nSPS) is 15.8. The van der Waals surface area contributed by atoms with Crippen molar-refractivity contribution < 1.29 is 31.9 Å². The molecule has 0 amide bonds. The van der Waals surface area contributed by atoms with Crippen molar-refractivity contribution >= 4 is 7.60 Å². The Balaban J connectivity index is 4.35. The second-order valence-electron chi connectivity index (χ2n) is 2.22. The summed E-state index contributed by atoms with van der Waals surface area (Å²) in [4.78, 5) is 0. The van der Waals surface area contributed by atoms with Gasteiger partial charge in [0.25, 0.3) is 0 Å². The highest BCUT2D eigenvalue weighted by Crippen LogP contribution is 2.48. The van der Waals surface area contributed by atoms with Crippen LogP contribution in [0.2, 0.25) is 0 Å². The highest BCUT2D eigenvalue weighted by Gasteiger charge is 2.43. The van der Waals surface area contributed by atoms with Crippen molar-refractivity contribution in [3.8, 4) is 0 Å². The minimum absolute atomic E-state index is 0.952. The first kappa shape index (κ1) is 12.9. The Morgan fingerprint density at radius 2 is 1.77 bits per heavy atom. The third-order valence-corrected chi connectivity index (χ3v) is 3.24. The minimum atomic E-state index is -4.81. The molecule has 1 N–H and O–H groups in total. The van der Waals surface area contributed by atoms with E-state index in [4.69, 9.17) is 5.11 Å². The molecule has 4 nitrogen and oxygen atoms in total. The molecule has 0 saturated carbocycles. The van der Waals surface area contributed by atoms with Crippen molar-refractivity contribution in [1.29, 1.82) is 0 Å². The summed E-state index contributed by atoms with van der Waals surface area (Å²) in [5.74, 6) is 0. The van der Waals surface area contributed by atoms with Crippen molar-refractivity contribution in [2.45, 2.75) is 12.3 Å². The molecule has 0 rings (SSSR count). The molecule has 0 aliphatic carbocycles. The SMILES string of the molecule is COP(=O)(C[C@H](O)C(F)(F)F)OC. The van der Waals surface area contributed by atoms with Gasteiger partial charge in [-0.05, 0) is 0 Å². The van der Waals surface area contributed by atoms with E-state index in [1.807, 2.05) is 0 Å². The van der Waals surface area contributed by atoms with Crippen molar-refractivity contribution in [2.24, 2.45) is 0 Å². The van der Waals surface area contributed by atoms with E-state index in [1.165, 1.54) is 0 Å². The zero-order valence-electron chi connectivity index (χ0n) is 7.04. The van der Waals surface area contributed by atoms with Gasteiger partial charge in [0.05, 0.1) is 6.16 Å². The molecule has 80 valence electrons. The lowest BCUT2D eigenvalue weighted by Gasteiger charge is -2.19. The fourth-order valence-electron chi connectivity index (χ4n) is 0.539. The van der Waals surface area contributed by atoms with E-state index in [2.05, 4.69) is 9.05 Å². The molecule has 0 aliphatic heterocycles. The van der Waals surface area contributed by atoms with E-state index in [-0.39, 0.29) is 0 Å². The summed E-state index contributed by atoms with van der Waals surface area (Å²) in [5.41, 5.74) is 0. The predicted octanol–water partition coefficient (Wildman–Crippen LogP) is 1.40. The Morgan fingerprint density at radius 3 is 2.00 bits per heavy atom. The average molecular weight is 222 g/mol. The second-order valence-corrected chi connectivity index (χ2v) is 4.53. The third-order valence-electron chi connectivity index (χ3n) is 1.33. The van der Waals surface area contributed by atoms with E-state index < -0.39 is 26.0 Å². The summed E-state index contributed by atoms with van der Waals surface area (Å²) in [6.45, 7) is 0. The molecule has 0 aromatic carbocycles. The molecule has 0 aromatic rings. The maximum Gasteiger partial charge on any atom is 0.414 e. The molecular weight excluding hydrogens is 212 g/mol. The zero-order chi connectivity index (χ0) is 10.7. The number of alkyl halides is 3. The second kappa shape index (κ2) is 4.41. The summed E-state index contributed by atoms with van der Waals surface area (Å²) < 4.78 is 54.9. The molecule has 0 bridgehead atoms. The van der Waals surface area contributed by atoms with Crippen LogP contribution in [-0.4, -0.2) is 37.8 Å². The van der Waals surface area contributed by atoms with Crippen molar-refractivity contribution in [3.05, 3.63) is 0 Å². The highest BCUT2D eigenvalue weighted by molar-refractivity contribution is 7.53. The molecule has 13 heavy (non-hydrogen) atoms. The van der Waals surface area contributed by atoms with E-state index in [1.54, 1.807) is 0 Å². The van der Waals surface area contributed by atoms with Crippen LogP contribution in [0.4, 0.5) is 13.2 Å². The highest BCUT2D eigenvalue weighted by atomic mass is 31.2. The number of halogens is 3. The van der Waals surface area contributed by atoms with E-state index in [9.17, 15) is 17.7 Å². The zero-order valence-corrected chi connectivity index (χ0v) is 7.93. The first-order chi connectivity index (χ1) is 5.75. The molecule has 0 unspecified atom stereocenters. The van der Waals surface area contributed by atoms with Crippen LogP contribution in [-0.2, 0) is 13.6 Å². The lowest BCUT2D eigenvalue weighted by atomic mass is 10.4. The fraction of sp³-hybridized carbons (Fsp3) is 1.00. The van der Waals surface area contributed by atoms with Crippen molar-refractivity contribution in [2.75, 3.05) is 20.4 Å². The molecule has 0 fully saturated rings. The Kier molecular flexibility index (Phi) is 4.38. The largest absolute Gasteiger partial charge is 0.414 e. The lowest BCUT2D eigenvalue weighted by molar-refractivity contribution is -0.197. The van der Waals surface area contributed by atoms with Gasteiger partial charge in [0.15, 0.2) is 6.10 Å². The summed E-state index contributed by atoms with van der Waals surface area (Å²) in [5, 5.41) is 8.53. The Labute approximate surface area is 73.2 Å². The molecule has 0 saturated heterocycles. The van der Waals surface area contributed by atoms with Crippen LogP contribution in [0.25, 0.3) is 0 Å². The molecule has 0 aromatic heterocycles. The number of aliphatic hydroxyl groups excluding tert-OH is 1. The van der Waals surface area contributed by atoms with Gasteiger partial charge >= 0.3 is 13.8 Å². The smallest absolute Gasteiger partial charge is 0.383 e. The quantitative estimate of drug-likeness (QED) is 0.730. The lowest BCUT2D eigenvalue weighted by Crippen LogP contribution is -2.32. The molecule has 0 heterocycles. The van der Waals surface area contributed by atoms with Crippen molar-refractivity contribution in [1.82, 2.24) is 0 Å². The standard InChI is InChI=1S/C5H10F3O4P/c1-11-13(10,12-2)3-4(9)5(6,7)8/h4,9H,3H2,1-2H3/t4-/m0/s1. The van der Waals surface area contributed by atoms with Gasteiger partial charge in [-0.15, -0.1) is 0 Å². The number of hydrogen-bond donors (Lipinski definition) is 1. The first-order valence-corrected chi connectivity index (χ1v) is 4.93. The fourth-order valence-corrected chi connectivity index (χ4v) is 1.62. The van der Waals surface area contributed by atoms with Gasteiger partial charge in [0.2, 0.25) is 0 Å². The maximum absolute atomic E-state index is 11.8. The van der Waals surface area contributed by atoms with Crippen LogP contribution in [0.1, 0.15) is 0 Å². The van der Waals surface area contributed by atoms with E-state index in [0.717, 1.165) is 14.2 Å². The van der Waals surface area contributed by atoms with Crippen LogP contribution in [0.5, 0.6) is 0 Å². The van der Waals surface area contributed by atoms with Crippen LogP contribution in [0, 0.1) is 0 Å². The number of aliphatic hydroxyl groups is 1.